The summed E-state index contributed by atoms with van der Waals surface area (Å²) in [5, 5.41) is 22.4. The fourth-order valence-electron chi connectivity index (χ4n) is 4.14. The molecule has 0 atom stereocenters. The van der Waals surface area contributed by atoms with E-state index in [4.69, 9.17) is 4.42 Å². The summed E-state index contributed by atoms with van der Waals surface area (Å²) in [5.41, 5.74) is 1.96. The number of anilines is 1. The van der Waals surface area contributed by atoms with Crippen LogP contribution in [0.2, 0.25) is 0 Å². The Morgan fingerprint density at radius 3 is 2.50 bits per heavy atom. The highest BCUT2D eigenvalue weighted by atomic mass is 32.2. The molecule has 1 amide bonds. The van der Waals surface area contributed by atoms with Crippen LogP contribution in [0, 0.1) is 11.3 Å². The third-order valence-corrected chi connectivity index (χ3v) is 6.63. The van der Waals surface area contributed by atoms with Crippen molar-refractivity contribution in [2.45, 2.75) is 5.16 Å². The van der Waals surface area contributed by atoms with E-state index in [-0.39, 0.29) is 23.0 Å². The van der Waals surface area contributed by atoms with Crippen LogP contribution in [-0.4, -0.2) is 30.8 Å². The summed E-state index contributed by atoms with van der Waals surface area (Å²) in [6, 6.07) is 25.5. The number of hydrogen-bond acceptors (Lipinski definition) is 7. The smallest absolute Gasteiger partial charge is 0.267 e. The molecular weight excluding hydrogens is 476 g/mol. The summed E-state index contributed by atoms with van der Waals surface area (Å²) in [6.45, 7) is 0. The maximum absolute atomic E-state index is 13.3. The van der Waals surface area contributed by atoms with E-state index in [1.165, 1.54) is 16.3 Å². The van der Waals surface area contributed by atoms with Crippen LogP contribution in [0.15, 0.2) is 93.2 Å². The molecule has 0 aliphatic rings. The Kier molecular flexibility index (Phi) is 5.24. The monoisotopic (exact) mass is 492 g/mol. The maximum Gasteiger partial charge on any atom is 0.267 e. The zero-order chi connectivity index (χ0) is 24.6. The van der Waals surface area contributed by atoms with Gasteiger partial charge in [-0.15, -0.1) is 10.2 Å². The largest absolute Gasteiger partial charge is 0.443 e. The van der Waals surface area contributed by atoms with Crippen molar-refractivity contribution in [3.63, 3.8) is 0 Å². The van der Waals surface area contributed by atoms with Gasteiger partial charge in [-0.25, -0.2) is 4.57 Å². The Balaban J connectivity index is 1.37. The van der Waals surface area contributed by atoms with Crippen molar-refractivity contribution >= 4 is 51.0 Å². The molecule has 1 N–H and O–H groups in total. The quantitative estimate of drug-likeness (QED) is 0.355. The lowest BCUT2D eigenvalue weighted by Gasteiger charge is -2.11. The third kappa shape index (κ3) is 3.50. The van der Waals surface area contributed by atoms with Crippen molar-refractivity contribution < 1.29 is 9.21 Å². The zero-order valence-electron chi connectivity index (χ0n) is 18.6. The van der Waals surface area contributed by atoms with Gasteiger partial charge in [0, 0.05) is 5.39 Å². The van der Waals surface area contributed by atoms with Gasteiger partial charge in [0.15, 0.2) is 5.16 Å². The van der Waals surface area contributed by atoms with Gasteiger partial charge in [-0.05, 0) is 36.4 Å². The number of furan rings is 1. The number of fused-ring (bicyclic) bond motifs is 4. The van der Waals surface area contributed by atoms with E-state index in [1.54, 1.807) is 34.7 Å². The summed E-state index contributed by atoms with van der Waals surface area (Å²) in [7, 11) is 0. The van der Waals surface area contributed by atoms with Crippen molar-refractivity contribution in [2.75, 3.05) is 11.1 Å². The number of carbonyl (C=O) groups excluding carboxylic acids is 1. The SMILES string of the molecule is N#Cc1oc2ccccc2c1NC(=O)CSc1nnc2n(-c3ccccc3)c(=O)c3ccccc3n12. The fraction of sp³-hybridized carbons (Fsp3) is 0.0385. The summed E-state index contributed by atoms with van der Waals surface area (Å²) in [4.78, 5) is 26.2. The molecule has 10 heteroatoms. The lowest BCUT2D eigenvalue weighted by molar-refractivity contribution is -0.113. The van der Waals surface area contributed by atoms with Gasteiger partial charge in [0.1, 0.15) is 17.3 Å². The molecular formula is C26H16N6O3S. The first-order valence-corrected chi connectivity index (χ1v) is 11.9. The van der Waals surface area contributed by atoms with Crippen molar-refractivity contribution in [1.29, 1.82) is 5.26 Å². The van der Waals surface area contributed by atoms with Gasteiger partial charge in [0.2, 0.25) is 17.4 Å². The standard InChI is InChI=1S/C26H16N6O3S/c27-14-21-23(18-11-5-7-13-20(18)35-21)28-22(33)15-36-26-30-29-25-31(16-8-2-1-3-9-16)24(34)17-10-4-6-12-19(17)32(25)26/h1-13H,15H2,(H,28,33). The van der Waals surface area contributed by atoms with Crippen molar-refractivity contribution in [1.82, 2.24) is 19.2 Å². The Morgan fingerprint density at radius 1 is 0.972 bits per heavy atom. The first-order chi connectivity index (χ1) is 17.7. The van der Waals surface area contributed by atoms with Gasteiger partial charge in [-0.1, -0.05) is 54.2 Å². The second-order valence-electron chi connectivity index (χ2n) is 7.86. The predicted octanol–water partition coefficient (Wildman–Crippen LogP) is 4.38. The van der Waals surface area contributed by atoms with E-state index in [0.29, 0.717) is 44.2 Å². The van der Waals surface area contributed by atoms with Gasteiger partial charge < -0.3 is 9.73 Å². The molecule has 3 aromatic heterocycles. The topological polar surface area (TPSA) is 118 Å². The molecule has 0 bridgehead atoms. The summed E-state index contributed by atoms with van der Waals surface area (Å²) in [6.07, 6.45) is 0. The highest BCUT2D eigenvalue weighted by Crippen LogP contribution is 2.31. The number of nitrogens with zero attached hydrogens (tertiary/aromatic N) is 5. The van der Waals surface area contributed by atoms with Crippen molar-refractivity contribution in [3.8, 4) is 11.8 Å². The van der Waals surface area contributed by atoms with Crippen LogP contribution in [0.25, 0.3) is 33.3 Å². The highest BCUT2D eigenvalue weighted by Gasteiger charge is 2.20. The van der Waals surface area contributed by atoms with E-state index in [1.807, 2.05) is 54.6 Å². The molecule has 0 saturated carbocycles. The maximum atomic E-state index is 13.3. The second kappa shape index (κ2) is 8.72. The molecule has 0 radical (unpaired) electrons. The number of aromatic nitrogens is 4. The fourth-order valence-corrected chi connectivity index (χ4v) is 4.88. The molecule has 174 valence electrons. The van der Waals surface area contributed by atoms with Crippen LogP contribution >= 0.6 is 11.8 Å². The van der Waals surface area contributed by atoms with Crippen LogP contribution in [0.3, 0.4) is 0 Å². The molecule has 0 aliphatic carbocycles. The van der Waals surface area contributed by atoms with Gasteiger partial charge >= 0.3 is 0 Å². The average molecular weight is 493 g/mol. The number of nitrogens with one attached hydrogen (secondary N) is 1. The normalized spacial score (nSPS) is 11.2. The Hall–Kier alpha value is -4.88. The summed E-state index contributed by atoms with van der Waals surface area (Å²) < 4.78 is 8.81. The second-order valence-corrected chi connectivity index (χ2v) is 8.80. The van der Waals surface area contributed by atoms with E-state index < -0.39 is 0 Å². The minimum Gasteiger partial charge on any atom is -0.443 e. The number of rotatable bonds is 5. The molecule has 6 aromatic rings. The van der Waals surface area contributed by atoms with Gasteiger partial charge in [-0.2, -0.15) is 5.26 Å². The Morgan fingerprint density at radius 2 is 1.69 bits per heavy atom. The molecule has 3 aromatic carbocycles. The van der Waals surface area contributed by atoms with Crippen LogP contribution in [0.1, 0.15) is 5.76 Å². The Bertz CT molecular complexity index is 1880. The van der Waals surface area contributed by atoms with Gasteiger partial charge in [0.25, 0.3) is 5.56 Å². The van der Waals surface area contributed by atoms with Crippen molar-refractivity contribution in [3.05, 3.63) is 95.0 Å². The van der Waals surface area contributed by atoms with E-state index in [2.05, 4.69) is 15.5 Å². The van der Waals surface area contributed by atoms with Crippen LogP contribution in [0.4, 0.5) is 5.69 Å². The molecule has 3 heterocycles. The number of nitriles is 1. The summed E-state index contributed by atoms with van der Waals surface area (Å²) >= 11 is 1.18. The lowest BCUT2D eigenvalue weighted by Crippen LogP contribution is -2.21. The molecule has 0 aliphatic heterocycles. The number of carbonyl (C=O) groups is 1. The lowest BCUT2D eigenvalue weighted by atomic mass is 10.2. The molecule has 0 spiro atoms. The Labute approximate surface area is 207 Å². The molecule has 0 fully saturated rings. The van der Waals surface area contributed by atoms with Crippen LogP contribution in [-0.2, 0) is 4.79 Å². The highest BCUT2D eigenvalue weighted by molar-refractivity contribution is 7.99. The molecule has 36 heavy (non-hydrogen) atoms. The van der Waals surface area contributed by atoms with Crippen molar-refractivity contribution in [2.24, 2.45) is 0 Å². The first-order valence-electron chi connectivity index (χ1n) is 10.9. The van der Waals surface area contributed by atoms with Gasteiger partial charge in [-0.3, -0.25) is 14.0 Å². The van der Waals surface area contributed by atoms with E-state index in [9.17, 15) is 14.9 Å². The zero-order valence-corrected chi connectivity index (χ0v) is 19.4. The van der Waals surface area contributed by atoms with E-state index in [0.717, 1.165) is 0 Å². The van der Waals surface area contributed by atoms with Gasteiger partial charge in [0.05, 0.1) is 22.3 Å². The minimum absolute atomic E-state index is 0.00393. The predicted molar refractivity (Wildman–Crippen MR) is 136 cm³/mol. The molecule has 6 rings (SSSR count). The number of hydrogen-bond donors (Lipinski definition) is 1. The minimum atomic E-state index is -0.333. The molecule has 9 nitrogen and oxygen atoms in total. The molecule has 0 unspecified atom stereocenters. The molecule has 0 saturated heterocycles. The van der Waals surface area contributed by atoms with E-state index >= 15 is 0 Å². The third-order valence-electron chi connectivity index (χ3n) is 5.70. The number of para-hydroxylation sites is 3. The first kappa shape index (κ1) is 21.6. The van der Waals surface area contributed by atoms with Crippen LogP contribution in [0.5, 0.6) is 0 Å². The number of thioether (sulfide) groups is 1. The average Bonchev–Trinajstić information content (AvgIpc) is 3.50. The number of amides is 1. The van der Waals surface area contributed by atoms with Crippen LogP contribution < -0.4 is 10.9 Å². The summed E-state index contributed by atoms with van der Waals surface area (Å²) in [5.74, 6) is 0.0606. The number of benzene rings is 3.